The Morgan fingerprint density at radius 2 is 1.18 bits per heavy atom. The molecule has 0 fully saturated rings. The lowest BCUT2D eigenvalue weighted by Gasteiger charge is -2.29. The Morgan fingerprint density at radius 1 is 0.735 bits per heavy atom. The number of carboxylic acid groups (broad SMARTS) is 1. The number of hydrogen-bond donors (Lipinski definition) is 2. The first-order valence-electron chi connectivity index (χ1n) is 13.3. The van der Waals surface area contributed by atoms with Gasteiger partial charge in [-0.15, -0.1) is 0 Å². The second-order valence-corrected chi connectivity index (χ2v) is 10.6. The highest BCUT2D eigenvalue weighted by Crippen LogP contribution is 2.34. The zero-order valence-electron chi connectivity index (χ0n) is 21.6. The third-order valence-corrected chi connectivity index (χ3v) is 7.79. The van der Waals surface area contributed by atoms with Crippen LogP contribution in [0, 0.1) is 0 Å². The number of aliphatic hydroxyl groups is 1. The number of unbranched alkanes of at least 4 members (excludes halogenated alkanes) is 4. The molecule has 0 aliphatic carbocycles. The lowest BCUT2D eigenvalue weighted by atomic mass is 9.75. The van der Waals surface area contributed by atoms with Gasteiger partial charge in [0.2, 0.25) is 0 Å². The van der Waals surface area contributed by atoms with Gasteiger partial charge in [-0.1, -0.05) is 120 Å². The molecular formula is C31H46O3. The smallest absolute Gasteiger partial charge is 0.304 e. The fourth-order valence-electron chi connectivity index (χ4n) is 5.16. The highest BCUT2D eigenvalue weighted by atomic mass is 16.4. The van der Waals surface area contributed by atoms with Crippen LogP contribution in [0.25, 0.3) is 0 Å². The average Bonchev–Trinajstić information content (AvgIpc) is 2.84. The second kappa shape index (κ2) is 14.3. The van der Waals surface area contributed by atoms with E-state index in [4.69, 9.17) is 0 Å². The summed E-state index contributed by atoms with van der Waals surface area (Å²) in [6.45, 7) is 6.71. The minimum atomic E-state index is -0.746. The van der Waals surface area contributed by atoms with Gasteiger partial charge in [-0.3, -0.25) is 4.79 Å². The third kappa shape index (κ3) is 9.25. The quantitative estimate of drug-likeness (QED) is 0.232. The van der Waals surface area contributed by atoms with Crippen LogP contribution in [-0.2, 0) is 15.6 Å². The van der Waals surface area contributed by atoms with E-state index in [9.17, 15) is 15.0 Å². The molecule has 3 unspecified atom stereocenters. The Kier molecular flexibility index (Phi) is 11.8. The first-order chi connectivity index (χ1) is 16.3. The maximum atomic E-state index is 11.4. The van der Waals surface area contributed by atoms with Crippen LogP contribution in [0.2, 0.25) is 0 Å². The lowest BCUT2D eigenvalue weighted by Crippen LogP contribution is -2.25. The molecule has 0 radical (unpaired) electrons. The molecular weight excluding hydrogens is 420 g/mol. The van der Waals surface area contributed by atoms with Gasteiger partial charge in [-0.25, -0.2) is 0 Å². The van der Waals surface area contributed by atoms with Crippen molar-refractivity contribution in [1.29, 1.82) is 0 Å². The molecule has 0 amide bonds. The normalized spacial score (nSPS) is 15.9. The van der Waals surface area contributed by atoms with Crippen LogP contribution in [0.15, 0.2) is 60.7 Å². The highest BCUT2D eigenvalue weighted by molar-refractivity contribution is 5.69. The molecule has 2 aromatic carbocycles. The molecule has 0 saturated carbocycles. The van der Waals surface area contributed by atoms with Gasteiger partial charge in [-0.2, -0.15) is 0 Å². The van der Waals surface area contributed by atoms with Crippen LogP contribution in [-0.4, -0.2) is 22.3 Å². The van der Waals surface area contributed by atoms with Crippen LogP contribution in [0.3, 0.4) is 0 Å². The Balaban J connectivity index is 1.62. The summed E-state index contributed by atoms with van der Waals surface area (Å²) >= 11 is 0. The van der Waals surface area contributed by atoms with Crippen molar-refractivity contribution in [2.24, 2.45) is 0 Å². The van der Waals surface area contributed by atoms with Crippen LogP contribution in [0.1, 0.15) is 109 Å². The number of benzene rings is 2. The van der Waals surface area contributed by atoms with Crippen molar-refractivity contribution in [2.45, 2.75) is 115 Å². The van der Waals surface area contributed by atoms with Crippen LogP contribution < -0.4 is 0 Å². The monoisotopic (exact) mass is 466 g/mol. The second-order valence-electron chi connectivity index (χ2n) is 10.6. The van der Waals surface area contributed by atoms with Gasteiger partial charge in [0.1, 0.15) is 0 Å². The fraction of sp³-hybridized carbons (Fsp3) is 0.581. The zero-order valence-corrected chi connectivity index (χ0v) is 21.6. The molecule has 2 aromatic rings. The Bertz CT molecular complexity index is 819. The Morgan fingerprint density at radius 3 is 1.62 bits per heavy atom. The molecule has 0 aliphatic heterocycles. The summed E-state index contributed by atoms with van der Waals surface area (Å²) in [5, 5.41) is 19.8. The molecule has 2 N–H and O–H groups in total. The number of rotatable bonds is 17. The van der Waals surface area contributed by atoms with E-state index in [0.717, 1.165) is 56.9 Å². The van der Waals surface area contributed by atoms with E-state index in [0.29, 0.717) is 0 Å². The maximum Gasteiger partial charge on any atom is 0.304 e. The number of aliphatic hydroxyl groups excluding tert-OH is 1. The van der Waals surface area contributed by atoms with Gasteiger partial charge in [-0.05, 0) is 48.6 Å². The lowest BCUT2D eigenvalue weighted by molar-refractivity contribution is -0.138. The van der Waals surface area contributed by atoms with E-state index in [2.05, 4.69) is 51.1 Å². The van der Waals surface area contributed by atoms with E-state index in [1.807, 2.05) is 30.3 Å². The van der Waals surface area contributed by atoms with Crippen LogP contribution >= 0.6 is 0 Å². The van der Waals surface area contributed by atoms with Crippen molar-refractivity contribution in [1.82, 2.24) is 0 Å². The Hall–Kier alpha value is -2.13. The van der Waals surface area contributed by atoms with Crippen molar-refractivity contribution in [3.05, 3.63) is 71.8 Å². The van der Waals surface area contributed by atoms with Crippen molar-refractivity contribution in [2.75, 3.05) is 0 Å². The summed E-state index contributed by atoms with van der Waals surface area (Å²) in [5.41, 5.74) is 2.45. The molecule has 188 valence electrons. The Labute approximate surface area is 207 Å². The summed E-state index contributed by atoms with van der Waals surface area (Å²) < 4.78 is 0. The third-order valence-electron chi connectivity index (χ3n) is 7.79. The number of carbonyl (C=O) groups is 1. The van der Waals surface area contributed by atoms with Gasteiger partial charge in [0, 0.05) is 5.41 Å². The maximum absolute atomic E-state index is 11.4. The zero-order chi connectivity index (χ0) is 24.9. The van der Waals surface area contributed by atoms with Gasteiger partial charge in [0.25, 0.3) is 0 Å². The molecule has 0 spiro atoms. The first-order valence-corrected chi connectivity index (χ1v) is 13.3. The standard InChI is InChI=1S/C31H46O3/c1-4-30(2,26-17-9-5-10-18-26)23-15-7-13-21-28(32)22-14-8-16-24-31(3,25-29(33)34)27-19-11-6-12-20-27/h5-6,9-12,17-20,28,32H,4,7-8,13-16,21-25H2,1-3H3,(H,33,34). The predicted octanol–water partition coefficient (Wildman–Crippen LogP) is 8.05. The van der Waals surface area contributed by atoms with Crippen molar-refractivity contribution >= 4 is 5.97 Å². The van der Waals surface area contributed by atoms with Crippen LogP contribution in [0.5, 0.6) is 0 Å². The van der Waals surface area contributed by atoms with Gasteiger partial charge in [0.05, 0.1) is 12.5 Å². The van der Waals surface area contributed by atoms with Crippen molar-refractivity contribution in [3.63, 3.8) is 0 Å². The first kappa shape index (κ1) is 28.1. The van der Waals surface area contributed by atoms with Gasteiger partial charge in [0.15, 0.2) is 0 Å². The molecule has 3 heteroatoms. The summed E-state index contributed by atoms with van der Waals surface area (Å²) in [7, 11) is 0. The summed E-state index contributed by atoms with van der Waals surface area (Å²) in [6, 6.07) is 20.9. The fourth-order valence-corrected chi connectivity index (χ4v) is 5.16. The summed E-state index contributed by atoms with van der Waals surface area (Å²) in [5.74, 6) is -0.746. The summed E-state index contributed by atoms with van der Waals surface area (Å²) in [6.07, 6.45) is 11.3. The average molecular weight is 467 g/mol. The minimum Gasteiger partial charge on any atom is -0.481 e. The molecule has 3 atom stereocenters. The minimum absolute atomic E-state index is 0.154. The van der Waals surface area contributed by atoms with Crippen molar-refractivity contribution < 1.29 is 15.0 Å². The number of aliphatic carboxylic acids is 1. The molecule has 0 heterocycles. The topological polar surface area (TPSA) is 57.5 Å². The largest absolute Gasteiger partial charge is 0.481 e. The summed E-state index contributed by atoms with van der Waals surface area (Å²) in [4.78, 5) is 11.4. The number of carboxylic acids is 1. The van der Waals surface area contributed by atoms with E-state index < -0.39 is 5.97 Å². The highest BCUT2D eigenvalue weighted by Gasteiger charge is 2.29. The molecule has 3 nitrogen and oxygen atoms in total. The molecule has 2 rings (SSSR count). The van der Waals surface area contributed by atoms with Crippen LogP contribution in [0.4, 0.5) is 0 Å². The van der Waals surface area contributed by atoms with E-state index >= 15 is 0 Å². The molecule has 0 bridgehead atoms. The van der Waals surface area contributed by atoms with E-state index in [-0.39, 0.29) is 23.4 Å². The van der Waals surface area contributed by atoms with Gasteiger partial charge < -0.3 is 10.2 Å². The van der Waals surface area contributed by atoms with E-state index in [1.165, 1.54) is 24.8 Å². The van der Waals surface area contributed by atoms with E-state index in [1.54, 1.807) is 0 Å². The predicted molar refractivity (Wildman–Crippen MR) is 142 cm³/mol. The van der Waals surface area contributed by atoms with Crippen molar-refractivity contribution in [3.8, 4) is 0 Å². The number of hydrogen-bond acceptors (Lipinski definition) is 2. The molecule has 0 aliphatic rings. The molecule has 0 aromatic heterocycles. The van der Waals surface area contributed by atoms with Gasteiger partial charge >= 0.3 is 5.97 Å². The molecule has 0 saturated heterocycles. The molecule has 34 heavy (non-hydrogen) atoms. The SMILES string of the molecule is CCC(C)(CCCCCC(O)CCCCCC(C)(CC(=O)O)c1ccccc1)c1ccccc1.